The molecule has 0 unspecified atom stereocenters. The molecule has 21 heavy (non-hydrogen) atoms. The normalized spacial score (nSPS) is 10.9. The van der Waals surface area contributed by atoms with Crippen LogP contribution in [-0.2, 0) is 6.61 Å². The van der Waals surface area contributed by atoms with Gasteiger partial charge in [0.05, 0.1) is 0 Å². The first kappa shape index (κ1) is 15.2. The second kappa shape index (κ2) is 6.04. The number of ether oxygens (including phenoxy) is 1. The summed E-state index contributed by atoms with van der Waals surface area (Å²) in [5, 5.41) is 8.98. The van der Waals surface area contributed by atoms with Crippen molar-refractivity contribution in [3.05, 3.63) is 52.5 Å². The van der Waals surface area contributed by atoms with Gasteiger partial charge in [-0.05, 0) is 49.1 Å². The third-order valence-electron chi connectivity index (χ3n) is 3.44. The van der Waals surface area contributed by atoms with Crippen LogP contribution in [0.2, 0.25) is 0 Å². The molecule has 1 aromatic heterocycles. The van der Waals surface area contributed by atoms with Crippen molar-refractivity contribution in [1.82, 2.24) is 0 Å². The van der Waals surface area contributed by atoms with E-state index in [0.29, 0.717) is 17.4 Å². The molecule has 2 rings (SSSR count). The van der Waals surface area contributed by atoms with Gasteiger partial charge in [-0.25, -0.2) is 4.79 Å². The molecule has 0 saturated heterocycles. The molecule has 0 aliphatic heterocycles. The third-order valence-corrected chi connectivity index (χ3v) is 3.44. The van der Waals surface area contributed by atoms with Crippen molar-refractivity contribution in [2.24, 2.45) is 0 Å². The molecule has 4 nitrogen and oxygen atoms in total. The fraction of sp³-hybridized carbons (Fsp3) is 0.353. The minimum atomic E-state index is -0.986. The van der Waals surface area contributed by atoms with Crippen LogP contribution in [0.3, 0.4) is 0 Å². The Hall–Kier alpha value is -2.23. The molecule has 4 heteroatoms. The first-order chi connectivity index (χ1) is 9.88. The highest BCUT2D eigenvalue weighted by molar-refractivity contribution is 5.88. The fourth-order valence-electron chi connectivity index (χ4n) is 2.37. The van der Waals surface area contributed by atoms with E-state index in [2.05, 4.69) is 26.8 Å². The van der Waals surface area contributed by atoms with Gasteiger partial charge in [-0.1, -0.05) is 19.9 Å². The Morgan fingerprint density at radius 2 is 2.00 bits per heavy atom. The third kappa shape index (κ3) is 3.45. The number of aromatic carboxylic acids is 1. The molecule has 0 aliphatic carbocycles. The summed E-state index contributed by atoms with van der Waals surface area (Å²) in [6.45, 7) is 8.22. The van der Waals surface area contributed by atoms with E-state index in [1.165, 1.54) is 17.2 Å². The van der Waals surface area contributed by atoms with Gasteiger partial charge in [0.25, 0.3) is 0 Å². The summed E-state index contributed by atoms with van der Waals surface area (Å²) < 4.78 is 11.1. The molecule has 0 radical (unpaired) electrons. The van der Waals surface area contributed by atoms with Gasteiger partial charge in [-0.2, -0.15) is 0 Å². The lowest BCUT2D eigenvalue weighted by Gasteiger charge is -2.11. The molecule has 0 bridgehead atoms. The lowest BCUT2D eigenvalue weighted by Crippen LogP contribution is -1.97. The maximum atomic E-state index is 11.0. The van der Waals surface area contributed by atoms with Crippen LogP contribution in [0.4, 0.5) is 0 Å². The fourth-order valence-corrected chi connectivity index (χ4v) is 2.37. The predicted molar refractivity (Wildman–Crippen MR) is 80.0 cm³/mol. The maximum absolute atomic E-state index is 11.0. The summed E-state index contributed by atoms with van der Waals surface area (Å²) in [4.78, 5) is 11.0. The highest BCUT2D eigenvalue weighted by Crippen LogP contribution is 2.24. The average Bonchev–Trinajstić information content (AvgIpc) is 2.77. The summed E-state index contributed by atoms with van der Waals surface area (Å²) >= 11 is 0. The van der Waals surface area contributed by atoms with Gasteiger partial charge < -0.3 is 14.3 Å². The summed E-state index contributed by atoms with van der Waals surface area (Å²) in [5.74, 6) is 1.15. The standard InChI is InChI=1S/C17H20O4/c1-10(2)15-6-5-13(7-11(15)3)20-9-14-8-16(17(18)19)12(4)21-14/h5-8,10H,9H2,1-4H3,(H,18,19). The van der Waals surface area contributed by atoms with Gasteiger partial charge >= 0.3 is 5.97 Å². The lowest BCUT2D eigenvalue weighted by atomic mass is 9.98. The Kier molecular flexibility index (Phi) is 4.36. The number of rotatable bonds is 5. The quantitative estimate of drug-likeness (QED) is 0.891. The van der Waals surface area contributed by atoms with Gasteiger partial charge in [-0.15, -0.1) is 0 Å². The first-order valence-electron chi connectivity index (χ1n) is 6.94. The van der Waals surface area contributed by atoms with Crippen molar-refractivity contribution >= 4 is 5.97 Å². The summed E-state index contributed by atoms with van der Waals surface area (Å²) in [6, 6.07) is 7.48. The van der Waals surface area contributed by atoms with Gasteiger partial charge in [0, 0.05) is 0 Å². The topological polar surface area (TPSA) is 59.7 Å². The Morgan fingerprint density at radius 3 is 2.52 bits per heavy atom. The molecular weight excluding hydrogens is 268 g/mol. The van der Waals surface area contributed by atoms with E-state index in [-0.39, 0.29) is 12.2 Å². The number of carboxylic acid groups (broad SMARTS) is 1. The number of carboxylic acids is 1. The van der Waals surface area contributed by atoms with Crippen LogP contribution in [-0.4, -0.2) is 11.1 Å². The van der Waals surface area contributed by atoms with Crippen molar-refractivity contribution in [1.29, 1.82) is 0 Å². The highest BCUT2D eigenvalue weighted by atomic mass is 16.5. The Morgan fingerprint density at radius 1 is 1.29 bits per heavy atom. The molecule has 0 saturated carbocycles. The van der Waals surface area contributed by atoms with Gasteiger partial charge in [0.1, 0.15) is 29.4 Å². The van der Waals surface area contributed by atoms with Crippen LogP contribution in [0.25, 0.3) is 0 Å². The Labute approximate surface area is 124 Å². The van der Waals surface area contributed by atoms with Gasteiger partial charge in [-0.3, -0.25) is 0 Å². The van der Waals surface area contributed by atoms with E-state index < -0.39 is 5.97 Å². The molecule has 1 N–H and O–H groups in total. The number of furan rings is 1. The molecule has 2 aromatic rings. The summed E-state index contributed by atoms with van der Waals surface area (Å²) in [6.07, 6.45) is 0. The van der Waals surface area contributed by atoms with Crippen molar-refractivity contribution in [3.63, 3.8) is 0 Å². The van der Waals surface area contributed by atoms with E-state index in [4.69, 9.17) is 14.3 Å². The van der Waals surface area contributed by atoms with Crippen molar-refractivity contribution in [3.8, 4) is 5.75 Å². The molecule has 0 spiro atoms. The second-order valence-corrected chi connectivity index (χ2v) is 5.45. The SMILES string of the molecule is Cc1cc(OCc2cc(C(=O)O)c(C)o2)ccc1C(C)C. The number of hydrogen-bond donors (Lipinski definition) is 1. The molecule has 0 aliphatic rings. The van der Waals surface area contributed by atoms with Crippen LogP contribution in [0, 0.1) is 13.8 Å². The van der Waals surface area contributed by atoms with Crippen LogP contribution in [0.5, 0.6) is 5.75 Å². The molecule has 0 fully saturated rings. The van der Waals surface area contributed by atoms with E-state index in [9.17, 15) is 4.79 Å². The zero-order chi connectivity index (χ0) is 15.6. The molecule has 112 valence electrons. The number of aryl methyl sites for hydroxylation is 2. The van der Waals surface area contributed by atoms with Gasteiger partial charge in [0.15, 0.2) is 0 Å². The molecule has 1 aromatic carbocycles. The van der Waals surface area contributed by atoms with Crippen LogP contribution >= 0.6 is 0 Å². The number of carbonyl (C=O) groups is 1. The van der Waals surface area contributed by atoms with Crippen LogP contribution < -0.4 is 4.74 Å². The predicted octanol–water partition coefficient (Wildman–Crippen LogP) is 4.30. The monoisotopic (exact) mass is 288 g/mol. The van der Waals surface area contributed by atoms with Crippen molar-refractivity contribution < 1.29 is 19.1 Å². The van der Waals surface area contributed by atoms with E-state index in [0.717, 1.165) is 5.75 Å². The number of hydrogen-bond acceptors (Lipinski definition) is 3. The molecule has 1 heterocycles. The average molecular weight is 288 g/mol. The molecule has 0 atom stereocenters. The van der Waals surface area contributed by atoms with E-state index >= 15 is 0 Å². The van der Waals surface area contributed by atoms with Crippen molar-refractivity contribution in [2.75, 3.05) is 0 Å². The van der Waals surface area contributed by atoms with Crippen LogP contribution in [0.15, 0.2) is 28.7 Å². The summed E-state index contributed by atoms with van der Waals surface area (Å²) in [5.41, 5.74) is 2.66. The minimum Gasteiger partial charge on any atom is -0.486 e. The Bertz CT molecular complexity index is 653. The van der Waals surface area contributed by atoms with Crippen molar-refractivity contribution in [2.45, 2.75) is 40.2 Å². The van der Waals surface area contributed by atoms with E-state index in [1.54, 1.807) is 6.92 Å². The maximum Gasteiger partial charge on any atom is 0.339 e. The summed E-state index contributed by atoms with van der Waals surface area (Å²) in [7, 11) is 0. The zero-order valence-corrected chi connectivity index (χ0v) is 12.8. The first-order valence-corrected chi connectivity index (χ1v) is 6.94. The lowest BCUT2D eigenvalue weighted by molar-refractivity contribution is 0.0695. The zero-order valence-electron chi connectivity index (χ0n) is 12.8. The minimum absolute atomic E-state index is 0.180. The molecular formula is C17H20O4. The Balaban J connectivity index is 2.08. The van der Waals surface area contributed by atoms with Gasteiger partial charge in [0.2, 0.25) is 0 Å². The van der Waals surface area contributed by atoms with Crippen LogP contribution in [0.1, 0.15) is 52.8 Å². The number of benzene rings is 1. The smallest absolute Gasteiger partial charge is 0.339 e. The highest BCUT2D eigenvalue weighted by Gasteiger charge is 2.14. The largest absolute Gasteiger partial charge is 0.486 e. The van der Waals surface area contributed by atoms with E-state index in [1.807, 2.05) is 12.1 Å². The second-order valence-electron chi connectivity index (χ2n) is 5.45. The molecule has 0 amide bonds.